The third-order valence-electron chi connectivity index (χ3n) is 3.36. The maximum Gasteiger partial charge on any atom is 0.407 e. The van der Waals surface area contributed by atoms with Crippen LogP contribution < -0.4 is 20.9 Å². The fourth-order valence-corrected chi connectivity index (χ4v) is 2.29. The Kier molecular flexibility index (Phi) is 5.84. The van der Waals surface area contributed by atoms with E-state index in [0.717, 1.165) is 0 Å². The maximum atomic E-state index is 12.2. The Bertz CT molecular complexity index is 654. The Balaban J connectivity index is 1.81. The van der Waals surface area contributed by atoms with Gasteiger partial charge in [-0.3, -0.25) is 9.69 Å². The molecule has 8 heteroatoms. The van der Waals surface area contributed by atoms with Gasteiger partial charge in [0.25, 0.3) is 5.91 Å². The first kappa shape index (κ1) is 18.6. The molecule has 0 saturated carbocycles. The van der Waals surface area contributed by atoms with Crippen molar-refractivity contribution in [3.8, 4) is 0 Å². The Morgan fingerprint density at radius 3 is 2.60 bits per heavy atom. The van der Waals surface area contributed by atoms with E-state index in [4.69, 9.17) is 4.74 Å². The first-order chi connectivity index (χ1) is 11.8. The van der Waals surface area contributed by atoms with Gasteiger partial charge in [-0.05, 0) is 39.0 Å². The number of benzene rings is 1. The topological polar surface area (TPSA) is 99.8 Å². The van der Waals surface area contributed by atoms with Crippen LogP contribution in [0.15, 0.2) is 24.3 Å². The van der Waals surface area contributed by atoms with E-state index in [1.54, 1.807) is 49.9 Å². The molecule has 2 rings (SSSR count). The molecular weight excluding hydrogens is 324 g/mol. The zero-order valence-electron chi connectivity index (χ0n) is 14.7. The number of hydrogen-bond acceptors (Lipinski definition) is 4. The van der Waals surface area contributed by atoms with Crippen molar-refractivity contribution in [2.45, 2.75) is 26.4 Å². The summed E-state index contributed by atoms with van der Waals surface area (Å²) >= 11 is 0. The van der Waals surface area contributed by atoms with Crippen LogP contribution >= 0.6 is 0 Å². The highest BCUT2D eigenvalue weighted by Crippen LogP contribution is 2.18. The average molecular weight is 348 g/mol. The molecule has 0 bridgehead atoms. The van der Waals surface area contributed by atoms with Gasteiger partial charge in [0.1, 0.15) is 5.60 Å². The molecule has 0 atom stereocenters. The summed E-state index contributed by atoms with van der Waals surface area (Å²) < 4.78 is 5.11. The van der Waals surface area contributed by atoms with Crippen molar-refractivity contribution in [3.63, 3.8) is 0 Å². The van der Waals surface area contributed by atoms with Gasteiger partial charge in [-0.15, -0.1) is 0 Å². The molecule has 8 nitrogen and oxygen atoms in total. The Morgan fingerprint density at radius 2 is 1.96 bits per heavy atom. The van der Waals surface area contributed by atoms with Crippen LogP contribution in [-0.2, 0) is 4.74 Å². The van der Waals surface area contributed by atoms with Crippen molar-refractivity contribution in [2.75, 3.05) is 31.1 Å². The Labute approximate surface area is 146 Å². The predicted octanol–water partition coefficient (Wildman–Crippen LogP) is 1.47. The standard InChI is InChI=1S/C17H24N4O4/c1-17(2,3)25-16(24)20-8-7-18-14(22)12-5-4-6-13(11-12)21-10-9-19-15(21)23/h4-6,11H,7-10H2,1-3H3,(H,18,22)(H,19,23)(H,20,24). The van der Waals surface area contributed by atoms with Crippen LogP contribution in [0.3, 0.4) is 0 Å². The number of urea groups is 1. The summed E-state index contributed by atoms with van der Waals surface area (Å²) in [7, 11) is 0. The minimum Gasteiger partial charge on any atom is -0.444 e. The molecule has 1 aliphatic rings. The van der Waals surface area contributed by atoms with Crippen molar-refractivity contribution in [1.29, 1.82) is 0 Å². The molecule has 136 valence electrons. The average Bonchev–Trinajstić information content (AvgIpc) is 2.96. The van der Waals surface area contributed by atoms with Crippen LogP contribution in [0.4, 0.5) is 15.3 Å². The predicted molar refractivity (Wildman–Crippen MR) is 93.8 cm³/mol. The fourth-order valence-electron chi connectivity index (χ4n) is 2.29. The smallest absolute Gasteiger partial charge is 0.407 e. The number of amides is 4. The molecule has 1 heterocycles. The second kappa shape index (κ2) is 7.87. The molecule has 1 saturated heterocycles. The van der Waals surface area contributed by atoms with Gasteiger partial charge in [-0.2, -0.15) is 0 Å². The molecule has 3 N–H and O–H groups in total. The number of rotatable bonds is 5. The number of anilines is 1. The lowest BCUT2D eigenvalue weighted by atomic mass is 10.1. The Morgan fingerprint density at radius 1 is 1.24 bits per heavy atom. The van der Waals surface area contributed by atoms with E-state index in [1.807, 2.05) is 0 Å². The zero-order valence-corrected chi connectivity index (χ0v) is 14.7. The third-order valence-corrected chi connectivity index (χ3v) is 3.36. The largest absolute Gasteiger partial charge is 0.444 e. The summed E-state index contributed by atoms with van der Waals surface area (Å²) in [5.41, 5.74) is 0.569. The second-order valence-electron chi connectivity index (χ2n) is 6.62. The normalized spacial score (nSPS) is 14.0. The summed E-state index contributed by atoms with van der Waals surface area (Å²) in [6.07, 6.45) is -0.524. The number of ether oxygens (including phenoxy) is 1. The number of carbonyl (C=O) groups excluding carboxylic acids is 3. The number of hydrogen-bond donors (Lipinski definition) is 3. The van der Waals surface area contributed by atoms with Gasteiger partial charge < -0.3 is 20.7 Å². The lowest BCUT2D eigenvalue weighted by molar-refractivity contribution is 0.0526. The van der Waals surface area contributed by atoms with E-state index in [-0.39, 0.29) is 25.0 Å². The van der Waals surface area contributed by atoms with Crippen molar-refractivity contribution in [2.24, 2.45) is 0 Å². The minimum atomic E-state index is -0.560. The SMILES string of the molecule is CC(C)(C)OC(=O)NCCNC(=O)c1cccc(N2CCNC2=O)c1. The maximum absolute atomic E-state index is 12.2. The molecule has 1 aromatic rings. The summed E-state index contributed by atoms with van der Waals surface area (Å²) in [5, 5.41) is 8.01. The molecule has 1 aromatic carbocycles. The zero-order chi connectivity index (χ0) is 18.4. The van der Waals surface area contributed by atoms with Gasteiger partial charge >= 0.3 is 12.1 Å². The van der Waals surface area contributed by atoms with Crippen LogP contribution in [0.25, 0.3) is 0 Å². The fraction of sp³-hybridized carbons (Fsp3) is 0.471. The highest BCUT2D eigenvalue weighted by atomic mass is 16.6. The van der Waals surface area contributed by atoms with Crippen LogP contribution in [0.2, 0.25) is 0 Å². The van der Waals surface area contributed by atoms with E-state index in [0.29, 0.717) is 24.3 Å². The minimum absolute atomic E-state index is 0.167. The molecule has 0 unspecified atom stereocenters. The summed E-state index contributed by atoms with van der Waals surface area (Å²) in [6, 6.07) is 6.69. The Hall–Kier alpha value is -2.77. The summed E-state index contributed by atoms with van der Waals surface area (Å²) in [5.74, 6) is -0.271. The van der Waals surface area contributed by atoms with Gasteiger partial charge in [0, 0.05) is 37.4 Å². The summed E-state index contributed by atoms with van der Waals surface area (Å²) in [4.78, 5) is 37.0. The molecule has 0 aromatic heterocycles. The van der Waals surface area contributed by atoms with Gasteiger partial charge in [-0.25, -0.2) is 9.59 Å². The van der Waals surface area contributed by atoms with Crippen LogP contribution in [-0.4, -0.2) is 49.8 Å². The van der Waals surface area contributed by atoms with E-state index in [1.165, 1.54) is 0 Å². The number of nitrogens with one attached hydrogen (secondary N) is 3. The van der Waals surface area contributed by atoms with Crippen molar-refractivity contribution in [3.05, 3.63) is 29.8 Å². The first-order valence-corrected chi connectivity index (χ1v) is 8.17. The quantitative estimate of drug-likeness (QED) is 0.702. The van der Waals surface area contributed by atoms with E-state index in [9.17, 15) is 14.4 Å². The van der Waals surface area contributed by atoms with E-state index >= 15 is 0 Å². The monoisotopic (exact) mass is 348 g/mol. The molecule has 1 fully saturated rings. The molecular formula is C17H24N4O4. The number of nitrogens with zero attached hydrogens (tertiary/aromatic N) is 1. The van der Waals surface area contributed by atoms with Crippen molar-refractivity contribution in [1.82, 2.24) is 16.0 Å². The highest BCUT2D eigenvalue weighted by molar-refractivity contribution is 5.98. The van der Waals surface area contributed by atoms with Crippen molar-refractivity contribution >= 4 is 23.7 Å². The van der Waals surface area contributed by atoms with Crippen molar-refractivity contribution < 1.29 is 19.1 Å². The molecule has 0 spiro atoms. The number of carbonyl (C=O) groups is 3. The van der Waals surface area contributed by atoms with Gasteiger partial charge in [0.2, 0.25) is 0 Å². The lowest BCUT2D eigenvalue weighted by Crippen LogP contribution is -2.37. The molecule has 25 heavy (non-hydrogen) atoms. The third kappa shape index (κ3) is 5.66. The van der Waals surface area contributed by atoms with Gasteiger partial charge in [0.05, 0.1) is 0 Å². The molecule has 4 amide bonds. The highest BCUT2D eigenvalue weighted by Gasteiger charge is 2.21. The summed E-state index contributed by atoms with van der Waals surface area (Å²) in [6.45, 7) is 7.03. The molecule has 1 aliphatic heterocycles. The van der Waals surface area contributed by atoms with Crippen LogP contribution in [0.5, 0.6) is 0 Å². The molecule has 0 radical (unpaired) electrons. The number of alkyl carbamates (subject to hydrolysis) is 1. The van der Waals surface area contributed by atoms with Gasteiger partial charge in [-0.1, -0.05) is 6.07 Å². The first-order valence-electron chi connectivity index (χ1n) is 8.17. The van der Waals surface area contributed by atoms with Crippen LogP contribution in [0.1, 0.15) is 31.1 Å². The van der Waals surface area contributed by atoms with E-state index < -0.39 is 11.7 Å². The van der Waals surface area contributed by atoms with E-state index in [2.05, 4.69) is 16.0 Å². The van der Waals surface area contributed by atoms with Crippen LogP contribution in [0, 0.1) is 0 Å². The lowest BCUT2D eigenvalue weighted by Gasteiger charge is -2.19. The molecule has 0 aliphatic carbocycles. The second-order valence-corrected chi connectivity index (χ2v) is 6.62. The van der Waals surface area contributed by atoms with Gasteiger partial charge in [0.15, 0.2) is 0 Å².